The second-order valence-corrected chi connectivity index (χ2v) is 5.94. The molecule has 23 heavy (non-hydrogen) atoms. The number of nitrogens with zero attached hydrogens (tertiary/aromatic N) is 3. The average Bonchev–Trinajstić information content (AvgIpc) is 3.12. The number of imide groups is 1. The van der Waals surface area contributed by atoms with Crippen LogP contribution in [0.2, 0.25) is 0 Å². The van der Waals surface area contributed by atoms with Crippen LogP contribution in [0.3, 0.4) is 0 Å². The molecule has 0 atom stereocenters. The Morgan fingerprint density at radius 2 is 2.04 bits per heavy atom. The highest BCUT2D eigenvalue weighted by Crippen LogP contribution is 2.25. The molecule has 0 aliphatic carbocycles. The van der Waals surface area contributed by atoms with E-state index in [0.29, 0.717) is 37.0 Å². The third-order valence-corrected chi connectivity index (χ3v) is 4.48. The normalized spacial score (nSPS) is 19.7. The molecule has 0 unspecified atom stereocenters. The van der Waals surface area contributed by atoms with Gasteiger partial charge in [0.05, 0.1) is 0 Å². The van der Waals surface area contributed by atoms with E-state index in [9.17, 15) is 9.59 Å². The first kappa shape index (κ1) is 14.1. The maximum atomic E-state index is 12.7. The van der Waals surface area contributed by atoms with Gasteiger partial charge in [-0.25, -0.2) is 4.98 Å². The molecule has 0 aromatic carbocycles. The van der Waals surface area contributed by atoms with Gasteiger partial charge in [0.25, 0.3) is 11.8 Å². The van der Waals surface area contributed by atoms with Gasteiger partial charge in [-0.3, -0.25) is 19.1 Å². The largest absolute Gasteiger partial charge is 0.381 e. The van der Waals surface area contributed by atoms with Gasteiger partial charge >= 0.3 is 0 Å². The minimum Gasteiger partial charge on any atom is -0.381 e. The monoisotopic (exact) mass is 311 g/mol. The Kier molecular flexibility index (Phi) is 3.46. The minimum absolute atomic E-state index is 0.241. The Morgan fingerprint density at radius 3 is 2.87 bits per heavy atom. The molecule has 4 heterocycles. The van der Waals surface area contributed by atoms with E-state index in [1.807, 2.05) is 18.2 Å². The van der Waals surface area contributed by atoms with Crippen molar-refractivity contribution >= 4 is 28.5 Å². The molecule has 6 heteroatoms. The lowest BCUT2D eigenvalue weighted by molar-refractivity contribution is -0.137. The highest BCUT2D eigenvalue weighted by molar-refractivity contribution is 6.30. The van der Waals surface area contributed by atoms with Crippen molar-refractivity contribution in [1.82, 2.24) is 14.5 Å². The molecule has 0 radical (unpaired) electrons. The predicted octanol–water partition coefficient (Wildman–Crippen LogP) is 1.67. The molecule has 1 fully saturated rings. The van der Waals surface area contributed by atoms with Gasteiger partial charge in [-0.15, -0.1) is 0 Å². The fraction of sp³-hybridized carbons (Fsp3) is 0.353. The Bertz CT molecular complexity index is 802. The van der Waals surface area contributed by atoms with Crippen molar-refractivity contribution in [3.05, 3.63) is 36.7 Å². The van der Waals surface area contributed by atoms with E-state index in [2.05, 4.69) is 4.98 Å². The molecule has 2 aromatic heterocycles. The van der Waals surface area contributed by atoms with E-state index >= 15 is 0 Å². The van der Waals surface area contributed by atoms with Gasteiger partial charge in [-0.1, -0.05) is 0 Å². The lowest BCUT2D eigenvalue weighted by atomic mass is 10.00. The number of pyridine rings is 1. The number of carbonyl (C=O) groups excluding carboxylic acids is 2. The average molecular weight is 311 g/mol. The van der Waals surface area contributed by atoms with Crippen LogP contribution in [0.4, 0.5) is 0 Å². The van der Waals surface area contributed by atoms with E-state index in [1.54, 1.807) is 17.0 Å². The van der Waals surface area contributed by atoms with Crippen molar-refractivity contribution in [2.24, 2.45) is 5.92 Å². The maximum Gasteiger partial charge on any atom is 0.277 e. The van der Waals surface area contributed by atoms with Crippen LogP contribution in [0.1, 0.15) is 12.8 Å². The summed E-state index contributed by atoms with van der Waals surface area (Å²) in [6.07, 6.45) is 6.66. The van der Waals surface area contributed by atoms with E-state index in [4.69, 9.17) is 4.74 Å². The summed E-state index contributed by atoms with van der Waals surface area (Å²) < 4.78 is 7.03. The highest BCUT2D eigenvalue weighted by Gasteiger charge is 2.34. The molecule has 2 aliphatic heterocycles. The van der Waals surface area contributed by atoms with Crippen molar-refractivity contribution in [1.29, 1.82) is 0 Å². The summed E-state index contributed by atoms with van der Waals surface area (Å²) in [5.41, 5.74) is 1.06. The van der Waals surface area contributed by atoms with Crippen LogP contribution in [0.25, 0.3) is 16.7 Å². The van der Waals surface area contributed by atoms with Gasteiger partial charge in [0, 0.05) is 43.6 Å². The van der Waals surface area contributed by atoms with Crippen LogP contribution < -0.4 is 0 Å². The summed E-state index contributed by atoms with van der Waals surface area (Å²) in [5.74, 6) is -0.164. The first-order chi connectivity index (χ1) is 11.2. The topological polar surface area (TPSA) is 64.4 Å². The van der Waals surface area contributed by atoms with Gasteiger partial charge in [0.15, 0.2) is 0 Å². The smallest absolute Gasteiger partial charge is 0.277 e. The van der Waals surface area contributed by atoms with Crippen molar-refractivity contribution in [3.63, 3.8) is 0 Å². The lowest BCUT2D eigenvalue weighted by Gasteiger charge is -2.26. The van der Waals surface area contributed by atoms with Crippen LogP contribution in [-0.2, 0) is 14.3 Å². The summed E-state index contributed by atoms with van der Waals surface area (Å²) >= 11 is 0. The van der Waals surface area contributed by atoms with Crippen LogP contribution in [0.15, 0.2) is 36.7 Å². The van der Waals surface area contributed by atoms with Crippen molar-refractivity contribution in [2.75, 3.05) is 19.8 Å². The molecule has 6 nitrogen and oxygen atoms in total. The van der Waals surface area contributed by atoms with E-state index in [0.717, 1.165) is 18.2 Å². The number of amides is 2. The quantitative estimate of drug-likeness (QED) is 0.809. The molecule has 0 bridgehead atoms. The Hall–Kier alpha value is -2.47. The molecule has 0 spiro atoms. The Morgan fingerprint density at radius 1 is 1.22 bits per heavy atom. The summed E-state index contributed by atoms with van der Waals surface area (Å²) in [6, 6.07) is 5.67. The number of rotatable bonds is 3. The van der Waals surface area contributed by atoms with E-state index in [1.165, 1.54) is 11.0 Å². The molecule has 118 valence electrons. The van der Waals surface area contributed by atoms with Crippen molar-refractivity contribution in [3.8, 4) is 0 Å². The SMILES string of the molecule is O=C1C=C(n2ccc3cccnc32)C(=O)N1CC1CCOCC1. The van der Waals surface area contributed by atoms with Gasteiger partial charge in [0.2, 0.25) is 0 Å². The Balaban J connectivity index is 1.60. The number of hydrogen-bond acceptors (Lipinski definition) is 4. The highest BCUT2D eigenvalue weighted by atomic mass is 16.5. The number of fused-ring (bicyclic) bond motifs is 1. The van der Waals surface area contributed by atoms with Crippen molar-refractivity contribution in [2.45, 2.75) is 12.8 Å². The summed E-state index contributed by atoms with van der Waals surface area (Å²) in [7, 11) is 0. The second-order valence-electron chi connectivity index (χ2n) is 5.94. The molecular weight excluding hydrogens is 294 g/mol. The first-order valence-electron chi connectivity index (χ1n) is 7.82. The first-order valence-corrected chi connectivity index (χ1v) is 7.82. The van der Waals surface area contributed by atoms with Gasteiger partial charge in [0.1, 0.15) is 11.3 Å². The zero-order valence-corrected chi connectivity index (χ0v) is 12.6. The molecule has 1 saturated heterocycles. The number of aromatic nitrogens is 2. The third kappa shape index (κ3) is 2.45. The number of ether oxygens (including phenoxy) is 1. The second kappa shape index (κ2) is 5.62. The molecule has 0 saturated carbocycles. The minimum atomic E-state index is -0.246. The van der Waals surface area contributed by atoms with Gasteiger partial charge < -0.3 is 4.74 Å². The van der Waals surface area contributed by atoms with E-state index < -0.39 is 0 Å². The predicted molar refractivity (Wildman–Crippen MR) is 84.3 cm³/mol. The number of hydrogen-bond donors (Lipinski definition) is 0. The van der Waals surface area contributed by atoms with Crippen LogP contribution >= 0.6 is 0 Å². The molecule has 4 rings (SSSR count). The third-order valence-electron chi connectivity index (χ3n) is 4.48. The van der Waals surface area contributed by atoms with Gasteiger partial charge in [-0.2, -0.15) is 0 Å². The fourth-order valence-corrected chi connectivity index (χ4v) is 3.19. The maximum absolute atomic E-state index is 12.7. The van der Waals surface area contributed by atoms with Crippen LogP contribution in [0, 0.1) is 5.92 Å². The Labute approximate surface area is 133 Å². The molecule has 0 N–H and O–H groups in total. The zero-order chi connectivity index (χ0) is 15.8. The summed E-state index contributed by atoms with van der Waals surface area (Å²) in [4.78, 5) is 30.6. The molecule has 2 aromatic rings. The fourth-order valence-electron chi connectivity index (χ4n) is 3.19. The van der Waals surface area contributed by atoms with Crippen LogP contribution in [0.5, 0.6) is 0 Å². The molecular formula is C17H17N3O3. The van der Waals surface area contributed by atoms with E-state index in [-0.39, 0.29) is 11.8 Å². The van der Waals surface area contributed by atoms with Crippen LogP contribution in [-0.4, -0.2) is 46.0 Å². The molecule has 2 amide bonds. The zero-order valence-electron chi connectivity index (χ0n) is 12.6. The lowest BCUT2D eigenvalue weighted by Crippen LogP contribution is -2.37. The van der Waals surface area contributed by atoms with Crippen molar-refractivity contribution < 1.29 is 14.3 Å². The molecule has 2 aliphatic rings. The summed E-state index contributed by atoms with van der Waals surface area (Å²) in [6.45, 7) is 1.87. The summed E-state index contributed by atoms with van der Waals surface area (Å²) in [5, 5.41) is 0.941. The van der Waals surface area contributed by atoms with Gasteiger partial charge in [-0.05, 0) is 37.0 Å². The standard InChI is InChI=1S/C17H17N3O3/c21-15-10-14(19-7-3-13-2-1-6-18-16(13)19)17(22)20(15)11-12-4-8-23-9-5-12/h1-3,6-7,10,12H,4-5,8-9,11H2. The number of carbonyl (C=O) groups is 2.